The highest BCUT2D eigenvalue weighted by Gasteiger charge is 2.08. The highest BCUT2D eigenvalue weighted by atomic mass is 15.3. The van der Waals surface area contributed by atoms with Gasteiger partial charge in [-0.3, -0.25) is 4.68 Å². The second-order valence-corrected chi connectivity index (χ2v) is 3.54. The lowest BCUT2D eigenvalue weighted by Crippen LogP contribution is -2.26. The number of rotatable bonds is 5. The van der Waals surface area contributed by atoms with Crippen molar-refractivity contribution in [1.29, 1.82) is 0 Å². The number of aryl methyl sites for hydroxylation is 1. The van der Waals surface area contributed by atoms with Crippen molar-refractivity contribution < 1.29 is 0 Å². The Morgan fingerprint density at radius 3 is 2.86 bits per heavy atom. The zero-order chi connectivity index (χ0) is 10.6. The summed E-state index contributed by atoms with van der Waals surface area (Å²) in [5.74, 6) is 0. The molecule has 3 heteroatoms. The molecule has 2 unspecified atom stereocenters. The molecule has 0 aliphatic carbocycles. The van der Waals surface area contributed by atoms with Gasteiger partial charge in [0, 0.05) is 30.4 Å². The summed E-state index contributed by atoms with van der Waals surface area (Å²) < 4.78 is 1.94. The molecule has 0 aromatic carbocycles. The molecule has 0 aliphatic heterocycles. The third-order valence-electron chi connectivity index (χ3n) is 2.34. The summed E-state index contributed by atoms with van der Waals surface area (Å²) in [7, 11) is 0. The molecular formula is C11H19N3. The number of aromatic nitrogens is 2. The molecule has 2 atom stereocenters. The fraction of sp³-hybridized carbons (Fsp3) is 0.545. The van der Waals surface area contributed by atoms with E-state index in [1.807, 2.05) is 17.0 Å². The van der Waals surface area contributed by atoms with Gasteiger partial charge in [0.2, 0.25) is 0 Å². The first-order chi connectivity index (χ1) is 6.67. The van der Waals surface area contributed by atoms with Crippen LogP contribution in [0.2, 0.25) is 0 Å². The topological polar surface area (TPSA) is 29.9 Å². The predicted octanol–water partition coefficient (Wildman–Crippen LogP) is 2.13. The van der Waals surface area contributed by atoms with Crippen molar-refractivity contribution in [2.24, 2.45) is 0 Å². The van der Waals surface area contributed by atoms with E-state index in [9.17, 15) is 0 Å². The van der Waals surface area contributed by atoms with E-state index in [2.05, 4.69) is 44.0 Å². The molecule has 14 heavy (non-hydrogen) atoms. The average molecular weight is 193 g/mol. The molecule has 1 N–H and O–H groups in total. The predicted molar refractivity (Wildman–Crippen MR) is 59.1 cm³/mol. The minimum atomic E-state index is 0.322. The van der Waals surface area contributed by atoms with Crippen molar-refractivity contribution in [2.75, 3.05) is 0 Å². The number of nitrogens with zero attached hydrogens (tertiary/aromatic N) is 2. The Bertz CT molecular complexity index is 290. The molecule has 1 rings (SSSR count). The monoisotopic (exact) mass is 193 g/mol. The van der Waals surface area contributed by atoms with Crippen LogP contribution in [0.15, 0.2) is 25.0 Å². The van der Waals surface area contributed by atoms with Crippen LogP contribution in [0, 0.1) is 0 Å². The molecule has 78 valence electrons. The third-order valence-corrected chi connectivity index (χ3v) is 2.34. The second-order valence-electron chi connectivity index (χ2n) is 3.54. The normalized spacial score (nSPS) is 15.1. The van der Waals surface area contributed by atoms with Gasteiger partial charge in [-0.2, -0.15) is 5.10 Å². The zero-order valence-electron chi connectivity index (χ0n) is 9.20. The van der Waals surface area contributed by atoms with Gasteiger partial charge in [-0.15, -0.1) is 6.58 Å². The first-order valence-corrected chi connectivity index (χ1v) is 5.08. The Morgan fingerprint density at radius 2 is 2.36 bits per heavy atom. The van der Waals surface area contributed by atoms with Crippen LogP contribution in [0.25, 0.3) is 0 Å². The Kier molecular flexibility index (Phi) is 3.89. The molecule has 0 saturated carbocycles. The lowest BCUT2D eigenvalue weighted by Gasteiger charge is -2.15. The lowest BCUT2D eigenvalue weighted by molar-refractivity contribution is 0.536. The van der Waals surface area contributed by atoms with Crippen molar-refractivity contribution in [3.05, 3.63) is 30.6 Å². The van der Waals surface area contributed by atoms with Crippen LogP contribution in [-0.4, -0.2) is 15.8 Å². The van der Waals surface area contributed by atoms with Crippen molar-refractivity contribution >= 4 is 0 Å². The van der Waals surface area contributed by atoms with Crippen LogP contribution in [0.1, 0.15) is 32.4 Å². The van der Waals surface area contributed by atoms with E-state index in [0.29, 0.717) is 12.1 Å². The van der Waals surface area contributed by atoms with E-state index in [1.54, 1.807) is 0 Å². The van der Waals surface area contributed by atoms with Gasteiger partial charge in [-0.05, 0) is 20.8 Å². The smallest absolute Gasteiger partial charge is 0.0537 e. The highest BCUT2D eigenvalue weighted by molar-refractivity contribution is 5.10. The summed E-state index contributed by atoms with van der Waals surface area (Å²) in [6.07, 6.45) is 5.89. The molecule has 1 aromatic heterocycles. The Morgan fingerprint density at radius 1 is 1.64 bits per heavy atom. The van der Waals surface area contributed by atoms with Crippen LogP contribution in [0.4, 0.5) is 0 Å². The molecule has 3 nitrogen and oxygen atoms in total. The average Bonchev–Trinajstić information content (AvgIpc) is 2.65. The maximum atomic E-state index is 4.24. The van der Waals surface area contributed by atoms with E-state index < -0.39 is 0 Å². The minimum absolute atomic E-state index is 0.322. The van der Waals surface area contributed by atoms with Crippen LogP contribution >= 0.6 is 0 Å². The number of nitrogens with one attached hydrogen (secondary N) is 1. The van der Waals surface area contributed by atoms with Gasteiger partial charge in [-0.1, -0.05) is 6.08 Å². The summed E-state index contributed by atoms with van der Waals surface area (Å²) in [4.78, 5) is 0. The SMILES string of the molecule is C=CC(C)NC(C)c1cnn(CC)c1. The van der Waals surface area contributed by atoms with E-state index in [4.69, 9.17) is 0 Å². The molecule has 0 aliphatic rings. The van der Waals surface area contributed by atoms with Crippen LogP contribution in [0.5, 0.6) is 0 Å². The van der Waals surface area contributed by atoms with Gasteiger partial charge in [0.25, 0.3) is 0 Å². The second kappa shape index (κ2) is 4.96. The van der Waals surface area contributed by atoms with Crippen LogP contribution in [-0.2, 0) is 6.54 Å². The van der Waals surface area contributed by atoms with E-state index in [0.717, 1.165) is 6.54 Å². The first-order valence-electron chi connectivity index (χ1n) is 5.08. The Hall–Kier alpha value is -1.09. The van der Waals surface area contributed by atoms with Gasteiger partial charge in [0.1, 0.15) is 0 Å². The summed E-state index contributed by atoms with van der Waals surface area (Å²) in [5, 5.41) is 7.65. The molecular weight excluding hydrogens is 174 g/mol. The highest BCUT2D eigenvalue weighted by Crippen LogP contribution is 2.11. The molecule has 0 amide bonds. The van der Waals surface area contributed by atoms with Gasteiger partial charge in [0.15, 0.2) is 0 Å². The Labute approximate surface area is 85.8 Å². The summed E-state index contributed by atoms with van der Waals surface area (Å²) >= 11 is 0. The quantitative estimate of drug-likeness (QED) is 0.726. The summed E-state index contributed by atoms with van der Waals surface area (Å²) in [6.45, 7) is 11.0. The number of hydrogen-bond donors (Lipinski definition) is 1. The number of hydrogen-bond acceptors (Lipinski definition) is 2. The summed E-state index contributed by atoms with van der Waals surface area (Å²) in [6, 6.07) is 0.651. The largest absolute Gasteiger partial charge is 0.304 e. The molecule has 1 aromatic rings. The van der Waals surface area contributed by atoms with E-state index in [-0.39, 0.29) is 0 Å². The van der Waals surface area contributed by atoms with Gasteiger partial charge < -0.3 is 5.32 Å². The molecule has 0 spiro atoms. The molecule has 0 bridgehead atoms. The molecule has 1 heterocycles. The van der Waals surface area contributed by atoms with E-state index >= 15 is 0 Å². The Balaban J connectivity index is 2.59. The van der Waals surface area contributed by atoms with Crippen molar-refractivity contribution in [2.45, 2.75) is 39.4 Å². The fourth-order valence-corrected chi connectivity index (χ4v) is 1.33. The summed E-state index contributed by atoms with van der Waals surface area (Å²) in [5.41, 5.74) is 1.22. The fourth-order valence-electron chi connectivity index (χ4n) is 1.33. The van der Waals surface area contributed by atoms with Crippen molar-refractivity contribution in [3.8, 4) is 0 Å². The van der Waals surface area contributed by atoms with Gasteiger partial charge in [-0.25, -0.2) is 0 Å². The molecule has 0 radical (unpaired) electrons. The van der Waals surface area contributed by atoms with Gasteiger partial charge >= 0.3 is 0 Å². The maximum Gasteiger partial charge on any atom is 0.0537 e. The zero-order valence-corrected chi connectivity index (χ0v) is 9.20. The van der Waals surface area contributed by atoms with Gasteiger partial charge in [0.05, 0.1) is 6.20 Å². The van der Waals surface area contributed by atoms with Crippen LogP contribution in [0.3, 0.4) is 0 Å². The maximum absolute atomic E-state index is 4.24. The third kappa shape index (κ3) is 2.70. The molecule has 0 saturated heterocycles. The standard InChI is InChI=1S/C11H19N3/c1-5-9(3)13-10(4)11-7-12-14(6-2)8-11/h5,7-10,13H,1,6H2,2-4H3. The van der Waals surface area contributed by atoms with Crippen molar-refractivity contribution in [3.63, 3.8) is 0 Å². The van der Waals surface area contributed by atoms with Crippen molar-refractivity contribution in [1.82, 2.24) is 15.1 Å². The first kappa shape index (κ1) is 11.0. The lowest BCUT2D eigenvalue weighted by atomic mass is 10.1. The molecule has 0 fully saturated rings. The van der Waals surface area contributed by atoms with E-state index in [1.165, 1.54) is 5.56 Å². The minimum Gasteiger partial charge on any atom is -0.304 e. The van der Waals surface area contributed by atoms with Crippen LogP contribution < -0.4 is 5.32 Å².